The largest absolute Gasteiger partial charge is 0.380 e. The Morgan fingerprint density at radius 1 is 1.44 bits per heavy atom. The van der Waals surface area contributed by atoms with Crippen LogP contribution in [0.4, 0.5) is 5.82 Å². The molecule has 2 rings (SSSR count). The molecule has 2 aromatic rings. The van der Waals surface area contributed by atoms with Gasteiger partial charge in [0.05, 0.1) is 16.8 Å². The number of fused-ring (bicyclic) bond motifs is 1. The fourth-order valence-electron chi connectivity index (χ4n) is 1.48. The molecule has 0 saturated carbocycles. The summed E-state index contributed by atoms with van der Waals surface area (Å²) >= 11 is 1.68. The van der Waals surface area contributed by atoms with E-state index in [2.05, 4.69) is 27.6 Å². The molecule has 86 valence electrons. The number of aromatic nitrogens is 2. The van der Waals surface area contributed by atoms with E-state index < -0.39 is 0 Å². The normalized spacial score (nSPS) is 10.9. The highest BCUT2D eigenvalue weighted by atomic mass is 32.1. The zero-order valence-corrected chi connectivity index (χ0v) is 10.3. The Morgan fingerprint density at radius 2 is 2.31 bits per heavy atom. The van der Waals surface area contributed by atoms with Crippen LogP contribution in [0.2, 0.25) is 0 Å². The standard InChI is InChI=1S/C11H15N3OS/c1-3-15-5-4-12-11-10-9(13-7-14-11)8(2)6-16-10/h6-7H,3-5H2,1-2H3,(H,12,13,14). The topological polar surface area (TPSA) is 47.0 Å². The van der Waals surface area contributed by atoms with Crippen molar-refractivity contribution in [1.82, 2.24) is 9.97 Å². The van der Waals surface area contributed by atoms with Crippen LogP contribution < -0.4 is 5.32 Å². The highest BCUT2D eigenvalue weighted by Gasteiger charge is 2.06. The third-order valence-corrected chi connectivity index (χ3v) is 3.37. The summed E-state index contributed by atoms with van der Waals surface area (Å²) in [4.78, 5) is 8.52. The first kappa shape index (κ1) is 11.3. The maximum Gasteiger partial charge on any atom is 0.147 e. The maximum absolute atomic E-state index is 5.27. The molecule has 0 amide bonds. The van der Waals surface area contributed by atoms with Gasteiger partial charge in [0.2, 0.25) is 0 Å². The van der Waals surface area contributed by atoms with Gasteiger partial charge in [-0.15, -0.1) is 11.3 Å². The van der Waals surface area contributed by atoms with Crippen molar-refractivity contribution in [2.75, 3.05) is 25.1 Å². The van der Waals surface area contributed by atoms with Gasteiger partial charge in [-0.25, -0.2) is 9.97 Å². The summed E-state index contributed by atoms with van der Waals surface area (Å²) in [6, 6.07) is 0. The molecule has 0 bridgehead atoms. The molecule has 0 aliphatic heterocycles. The van der Waals surface area contributed by atoms with E-state index in [0.29, 0.717) is 6.61 Å². The lowest BCUT2D eigenvalue weighted by Crippen LogP contribution is -2.10. The van der Waals surface area contributed by atoms with Crippen LogP contribution in [0.1, 0.15) is 12.5 Å². The predicted molar refractivity (Wildman–Crippen MR) is 67.1 cm³/mol. The van der Waals surface area contributed by atoms with E-state index in [4.69, 9.17) is 4.74 Å². The Morgan fingerprint density at radius 3 is 3.12 bits per heavy atom. The Balaban J connectivity index is 2.11. The number of hydrogen-bond donors (Lipinski definition) is 1. The fourth-order valence-corrected chi connectivity index (χ4v) is 2.45. The molecule has 2 heterocycles. The van der Waals surface area contributed by atoms with Gasteiger partial charge in [-0.05, 0) is 24.8 Å². The quantitative estimate of drug-likeness (QED) is 0.811. The minimum absolute atomic E-state index is 0.701. The van der Waals surface area contributed by atoms with E-state index in [-0.39, 0.29) is 0 Å². The number of nitrogens with zero attached hydrogens (tertiary/aromatic N) is 2. The van der Waals surface area contributed by atoms with E-state index in [0.717, 1.165) is 29.2 Å². The molecule has 1 N–H and O–H groups in total. The van der Waals surface area contributed by atoms with Crippen molar-refractivity contribution in [3.05, 3.63) is 17.3 Å². The van der Waals surface area contributed by atoms with E-state index in [1.54, 1.807) is 17.7 Å². The lowest BCUT2D eigenvalue weighted by molar-refractivity contribution is 0.158. The van der Waals surface area contributed by atoms with Crippen molar-refractivity contribution in [2.24, 2.45) is 0 Å². The van der Waals surface area contributed by atoms with Crippen LogP contribution in [-0.4, -0.2) is 29.7 Å². The maximum atomic E-state index is 5.27. The third-order valence-electron chi connectivity index (χ3n) is 2.27. The summed E-state index contributed by atoms with van der Waals surface area (Å²) in [7, 11) is 0. The van der Waals surface area contributed by atoms with Crippen molar-refractivity contribution in [1.29, 1.82) is 0 Å². The van der Waals surface area contributed by atoms with Crippen LogP contribution in [0.5, 0.6) is 0 Å². The number of anilines is 1. The Labute approximate surface area is 98.7 Å². The van der Waals surface area contributed by atoms with Crippen LogP contribution in [0.3, 0.4) is 0 Å². The number of thiophene rings is 1. The van der Waals surface area contributed by atoms with Crippen molar-refractivity contribution < 1.29 is 4.74 Å². The summed E-state index contributed by atoms with van der Waals surface area (Å²) in [5.41, 5.74) is 2.24. The minimum atomic E-state index is 0.701. The molecule has 16 heavy (non-hydrogen) atoms. The summed E-state index contributed by atoms with van der Waals surface area (Å²) in [5.74, 6) is 0.905. The SMILES string of the molecule is CCOCCNc1ncnc2c(C)csc12. The average molecular weight is 237 g/mol. The molecule has 0 aromatic carbocycles. The molecule has 0 radical (unpaired) electrons. The number of hydrogen-bond acceptors (Lipinski definition) is 5. The van der Waals surface area contributed by atoms with Gasteiger partial charge in [-0.3, -0.25) is 0 Å². The molecule has 4 nitrogen and oxygen atoms in total. The molecule has 0 saturated heterocycles. The predicted octanol–water partition coefficient (Wildman–Crippen LogP) is 2.45. The summed E-state index contributed by atoms with van der Waals surface area (Å²) in [6.45, 7) is 6.28. The molecular formula is C11H15N3OS. The first-order valence-corrected chi connectivity index (χ1v) is 6.21. The highest BCUT2D eigenvalue weighted by Crippen LogP contribution is 2.28. The molecule has 2 aromatic heterocycles. The lowest BCUT2D eigenvalue weighted by atomic mass is 10.3. The Hall–Kier alpha value is -1.20. The Bertz CT molecular complexity index is 469. The minimum Gasteiger partial charge on any atom is -0.380 e. The molecule has 0 unspecified atom stereocenters. The van der Waals surface area contributed by atoms with Crippen molar-refractivity contribution in [3.8, 4) is 0 Å². The lowest BCUT2D eigenvalue weighted by Gasteiger charge is -2.05. The number of aryl methyl sites for hydroxylation is 1. The fraction of sp³-hybridized carbons (Fsp3) is 0.455. The van der Waals surface area contributed by atoms with Crippen molar-refractivity contribution in [2.45, 2.75) is 13.8 Å². The highest BCUT2D eigenvalue weighted by molar-refractivity contribution is 7.18. The van der Waals surface area contributed by atoms with Gasteiger partial charge >= 0.3 is 0 Å². The van der Waals surface area contributed by atoms with Crippen LogP contribution in [0, 0.1) is 6.92 Å². The third kappa shape index (κ3) is 2.31. The first-order chi connectivity index (χ1) is 7.83. The van der Waals surface area contributed by atoms with Gasteiger partial charge in [-0.1, -0.05) is 0 Å². The Kier molecular flexibility index (Phi) is 3.69. The van der Waals surface area contributed by atoms with Gasteiger partial charge in [0.15, 0.2) is 0 Å². The van der Waals surface area contributed by atoms with Gasteiger partial charge in [-0.2, -0.15) is 0 Å². The molecule has 0 aliphatic rings. The van der Waals surface area contributed by atoms with Crippen LogP contribution in [0.15, 0.2) is 11.7 Å². The molecule has 0 atom stereocenters. The van der Waals surface area contributed by atoms with Gasteiger partial charge in [0.1, 0.15) is 12.1 Å². The van der Waals surface area contributed by atoms with Gasteiger partial charge in [0.25, 0.3) is 0 Å². The van der Waals surface area contributed by atoms with Crippen LogP contribution in [0.25, 0.3) is 10.2 Å². The van der Waals surface area contributed by atoms with Crippen molar-refractivity contribution >= 4 is 27.4 Å². The van der Waals surface area contributed by atoms with E-state index in [1.807, 2.05) is 6.92 Å². The molecule has 0 aliphatic carbocycles. The van der Waals surface area contributed by atoms with E-state index in [1.165, 1.54) is 5.56 Å². The molecule has 0 spiro atoms. The zero-order chi connectivity index (χ0) is 11.4. The number of rotatable bonds is 5. The van der Waals surface area contributed by atoms with Crippen LogP contribution in [-0.2, 0) is 4.74 Å². The number of ether oxygens (including phenoxy) is 1. The summed E-state index contributed by atoms with van der Waals surface area (Å²) in [6.07, 6.45) is 1.60. The molecule has 0 fully saturated rings. The number of nitrogens with one attached hydrogen (secondary N) is 1. The monoisotopic (exact) mass is 237 g/mol. The second-order valence-corrected chi connectivity index (χ2v) is 4.32. The van der Waals surface area contributed by atoms with E-state index >= 15 is 0 Å². The van der Waals surface area contributed by atoms with Crippen LogP contribution >= 0.6 is 11.3 Å². The first-order valence-electron chi connectivity index (χ1n) is 5.33. The second kappa shape index (κ2) is 5.23. The second-order valence-electron chi connectivity index (χ2n) is 3.44. The van der Waals surface area contributed by atoms with Gasteiger partial charge in [0, 0.05) is 13.2 Å². The van der Waals surface area contributed by atoms with E-state index in [9.17, 15) is 0 Å². The average Bonchev–Trinajstić information content (AvgIpc) is 2.68. The summed E-state index contributed by atoms with van der Waals surface area (Å²) < 4.78 is 6.39. The zero-order valence-electron chi connectivity index (χ0n) is 9.49. The van der Waals surface area contributed by atoms with Gasteiger partial charge < -0.3 is 10.1 Å². The smallest absolute Gasteiger partial charge is 0.147 e. The molecule has 5 heteroatoms. The molecular weight excluding hydrogens is 222 g/mol. The summed E-state index contributed by atoms with van der Waals surface area (Å²) in [5, 5.41) is 5.37. The van der Waals surface area contributed by atoms with Crippen molar-refractivity contribution in [3.63, 3.8) is 0 Å².